The Morgan fingerprint density at radius 2 is 1.19 bits per heavy atom. The third-order valence-corrected chi connectivity index (χ3v) is 7.10. The Hall–Kier alpha value is -4.89. The lowest BCUT2D eigenvalue weighted by atomic mass is 9.96. The lowest BCUT2D eigenvalue weighted by molar-refractivity contribution is 0.477. The topological polar surface area (TPSA) is 25.4 Å². The maximum Gasteiger partial charge on any atom is 0.151 e. The van der Waals surface area contributed by atoms with Crippen LogP contribution in [0.2, 0.25) is 0 Å². The molecule has 1 aliphatic heterocycles. The summed E-state index contributed by atoms with van der Waals surface area (Å²) in [6.07, 6.45) is 1.95. The molecule has 0 amide bonds. The van der Waals surface area contributed by atoms with Gasteiger partial charge in [0.1, 0.15) is 0 Å². The van der Waals surface area contributed by atoms with Crippen LogP contribution in [0, 0.1) is 6.92 Å². The van der Waals surface area contributed by atoms with Crippen molar-refractivity contribution in [1.82, 2.24) is 4.98 Å². The number of aromatic nitrogens is 1. The summed E-state index contributed by atoms with van der Waals surface area (Å²) in [4.78, 5) is 6.94. The minimum Gasteiger partial charge on any atom is -0.453 e. The SMILES string of the molecule is Cc1c(-c2ccc(-c3cnc4ccccc4c3)cc2)cccc1N1c2ccccc2Oc2ccccc21. The molecule has 1 aliphatic rings. The standard InChI is InChI=1S/C34H24N2O/c1-23-28(25-19-17-24(18-20-25)27-21-26-9-2-3-11-29(26)35-22-27)10-8-14-30(23)36-31-12-4-6-15-33(31)37-34-16-7-5-13-32(34)36/h2-22H,1H3. The van der Waals surface area contributed by atoms with Crippen molar-refractivity contribution < 1.29 is 4.74 Å². The molecular weight excluding hydrogens is 452 g/mol. The second-order valence-electron chi connectivity index (χ2n) is 9.32. The highest BCUT2D eigenvalue weighted by Gasteiger charge is 2.26. The lowest BCUT2D eigenvalue weighted by Crippen LogP contribution is -2.16. The second-order valence-corrected chi connectivity index (χ2v) is 9.32. The van der Waals surface area contributed by atoms with Crippen LogP contribution in [0.15, 0.2) is 128 Å². The number of pyridine rings is 1. The van der Waals surface area contributed by atoms with Gasteiger partial charge in [-0.05, 0) is 71.6 Å². The highest BCUT2D eigenvalue weighted by molar-refractivity contribution is 5.90. The first-order valence-corrected chi connectivity index (χ1v) is 12.5. The monoisotopic (exact) mass is 476 g/mol. The minimum atomic E-state index is 0.861. The van der Waals surface area contributed by atoms with Crippen LogP contribution >= 0.6 is 0 Å². The zero-order valence-corrected chi connectivity index (χ0v) is 20.4. The van der Waals surface area contributed by atoms with Gasteiger partial charge in [-0.15, -0.1) is 0 Å². The Morgan fingerprint density at radius 1 is 0.568 bits per heavy atom. The lowest BCUT2D eigenvalue weighted by Gasteiger charge is -2.34. The summed E-state index contributed by atoms with van der Waals surface area (Å²) in [5.41, 5.74) is 10.1. The van der Waals surface area contributed by atoms with Crippen LogP contribution in [0.5, 0.6) is 11.5 Å². The van der Waals surface area contributed by atoms with E-state index in [9.17, 15) is 0 Å². The molecule has 6 aromatic rings. The number of rotatable bonds is 3. The van der Waals surface area contributed by atoms with Gasteiger partial charge in [0.25, 0.3) is 0 Å². The Morgan fingerprint density at radius 3 is 1.95 bits per heavy atom. The van der Waals surface area contributed by atoms with E-state index in [2.05, 4.69) is 102 Å². The molecule has 5 aromatic carbocycles. The fourth-order valence-corrected chi connectivity index (χ4v) is 5.21. The van der Waals surface area contributed by atoms with Crippen molar-refractivity contribution in [2.24, 2.45) is 0 Å². The van der Waals surface area contributed by atoms with Crippen molar-refractivity contribution >= 4 is 28.0 Å². The van der Waals surface area contributed by atoms with Crippen molar-refractivity contribution in [1.29, 1.82) is 0 Å². The first kappa shape index (κ1) is 21.4. The van der Waals surface area contributed by atoms with E-state index >= 15 is 0 Å². The smallest absolute Gasteiger partial charge is 0.151 e. The molecule has 176 valence electrons. The molecule has 1 aromatic heterocycles. The van der Waals surface area contributed by atoms with E-state index in [1.807, 2.05) is 42.6 Å². The Kier molecular flexibility index (Phi) is 5.00. The van der Waals surface area contributed by atoms with E-state index in [0.717, 1.165) is 50.6 Å². The molecule has 3 heteroatoms. The zero-order valence-electron chi connectivity index (χ0n) is 20.4. The molecule has 0 saturated heterocycles. The highest BCUT2D eigenvalue weighted by atomic mass is 16.5. The molecule has 7 rings (SSSR count). The van der Waals surface area contributed by atoms with E-state index in [0.29, 0.717) is 0 Å². The number of ether oxygens (including phenoxy) is 1. The van der Waals surface area contributed by atoms with E-state index < -0.39 is 0 Å². The third-order valence-electron chi connectivity index (χ3n) is 7.10. The molecule has 37 heavy (non-hydrogen) atoms. The summed E-state index contributed by atoms with van der Waals surface area (Å²) >= 11 is 0. The number of hydrogen-bond acceptors (Lipinski definition) is 3. The molecule has 0 bridgehead atoms. The summed E-state index contributed by atoms with van der Waals surface area (Å²) in [5.74, 6) is 1.72. The van der Waals surface area contributed by atoms with E-state index in [1.165, 1.54) is 16.7 Å². The molecule has 0 unspecified atom stereocenters. The molecule has 3 nitrogen and oxygen atoms in total. The number of hydrogen-bond donors (Lipinski definition) is 0. The highest BCUT2D eigenvalue weighted by Crippen LogP contribution is 2.51. The molecular formula is C34H24N2O. The first-order chi connectivity index (χ1) is 18.3. The molecule has 0 saturated carbocycles. The van der Waals surface area contributed by atoms with Gasteiger partial charge in [-0.25, -0.2) is 0 Å². The Balaban J connectivity index is 1.30. The molecule has 0 N–H and O–H groups in total. The predicted molar refractivity (Wildman–Crippen MR) is 152 cm³/mol. The van der Waals surface area contributed by atoms with Crippen molar-refractivity contribution in [2.75, 3.05) is 4.90 Å². The maximum atomic E-state index is 6.22. The number of nitrogens with zero attached hydrogens (tertiary/aromatic N) is 2. The van der Waals surface area contributed by atoms with Gasteiger partial charge >= 0.3 is 0 Å². The normalized spacial score (nSPS) is 12.1. The fraction of sp³-hybridized carbons (Fsp3) is 0.0294. The molecule has 2 heterocycles. The van der Waals surface area contributed by atoms with Gasteiger partial charge in [-0.2, -0.15) is 0 Å². The minimum absolute atomic E-state index is 0.861. The predicted octanol–water partition coefficient (Wildman–Crippen LogP) is 9.45. The van der Waals surface area contributed by atoms with Crippen LogP contribution < -0.4 is 9.64 Å². The number of anilines is 3. The van der Waals surface area contributed by atoms with Crippen molar-refractivity contribution in [3.05, 3.63) is 133 Å². The summed E-state index contributed by atoms with van der Waals surface area (Å²) in [6, 6.07) is 42.2. The van der Waals surface area contributed by atoms with Gasteiger partial charge in [0, 0.05) is 22.8 Å². The zero-order chi connectivity index (χ0) is 24.8. The molecule has 0 fully saturated rings. The summed E-state index contributed by atoms with van der Waals surface area (Å²) in [6.45, 7) is 2.20. The quantitative estimate of drug-likeness (QED) is 0.254. The Bertz CT molecular complexity index is 1730. The van der Waals surface area contributed by atoms with Gasteiger partial charge in [0.15, 0.2) is 11.5 Å². The largest absolute Gasteiger partial charge is 0.453 e. The number of benzene rings is 5. The van der Waals surface area contributed by atoms with Crippen molar-refractivity contribution in [3.8, 4) is 33.8 Å². The van der Waals surface area contributed by atoms with Crippen molar-refractivity contribution in [3.63, 3.8) is 0 Å². The third kappa shape index (κ3) is 3.64. The van der Waals surface area contributed by atoms with Crippen LogP contribution in [0.3, 0.4) is 0 Å². The van der Waals surface area contributed by atoms with Gasteiger partial charge < -0.3 is 9.64 Å². The molecule has 0 radical (unpaired) electrons. The average Bonchev–Trinajstić information content (AvgIpc) is 2.96. The summed E-state index contributed by atoms with van der Waals surface area (Å²) in [7, 11) is 0. The molecule has 0 aliphatic carbocycles. The Labute approximate surface area is 216 Å². The summed E-state index contributed by atoms with van der Waals surface area (Å²) in [5, 5.41) is 1.15. The van der Waals surface area contributed by atoms with Crippen LogP contribution in [0.4, 0.5) is 17.1 Å². The van der Waals surface area contributed by atoms with E-state index in [-0.39, 0.29) is 0 Å². The van der Waals surface area contributed by atoms with Gasteiger partial charge in [-0.3, -0.25) is 4.98 Å². The number of para-hydroxylation sites is 5. The van der Waals surface area contributed by atoms with E-state index in [4.69, 9.17) is 4.74 Å². The maximum absolute atomic E-state index is 6.22. The molecule has 0 atom stereocenters. The average molecular weight is 477 g/mol. The van der Waals surface area contributed by atoms with E-state index in [1.54, 1.807) is 0 Å². The van der Waals surface area contributed by atoms with Crippen molar-refractivity contribution in [2.45, 2.75) is 6.92 Å². The fourth-order valence-electron chi connectivity index (χ4n) is 5.21. The van der Waals surface area contributed by atoms with Crippen LogP contribution in [-0.4, -0.2) is 4.98 Å². The van der Waals surface area contributed by atoms with Gasteiger partial charge in [0.05, 0.1) is 16.9 Å². The van der Waals surface area contributed by atoms with Gasteiger partial charge in [0.2, 0.25) is 0 Å². The first-order valence-electron chi connectivity index (χ1n) is 12.5. The van der Waals surface area contributed by atoms with Gasteiger partial charge in [-0.1, -0.05) is 78.9 Å². The van der Waals surface area contributed by atoms with Crippen LogP contribution in [-0.2, 0) is 0 Å². The number of fused-ring (bicyclic) bond motifs is 3. The summed E-state index contributed by atoms with van der Waals surface area (Å²) < 4.78 is 6.22. The molecule has 0 spiro atoms. The van der Waals surface area contributed by atoms with Crippen LogP contribution in [0.1, 0.15) is 5.56 Å². The second kappa shape index (κ2) is 8.65. The van der Waals surface area contributed by atoms with Crippen LogP contribution in [0.25, 0.3) is 33.2 Å².